The van der Waals surface area contributed by atoms with Crippen LogP contribution in [0.4, 0.5) is 17.3 Å². The summed E-state index contributed by atoms with van der Waals surface area (Å²) < 4.78 is 1.78. The van der Waals surface area contributed by atoms with Gasteiger partial charge in [0.1, 0.15) is 11.9 Å². The van der Waals surface area contributed by atoms with Crippen LogP contribution in [-0.2, 0) is 6.54 Å². The van der Waals surface area contributed by atoms with E-state index in [4.69, 9.17) is 11.0 Å². The van der Waals surface area contributed by atoms with Crippen LogP contribution in [0.5, 0.6) is 0 Å². The van der Waals surface area contributed by atoms with Crippen LogP contribution in [0.2, 0.25) is 0 Å². The summed E-state index contributed by atoms with van der Waals surface area (Å²) in [5, 5.41) is 16.2. The molecule has 0 fully saturated rings. The minimum absolute atomic E-state index is 0.399. The first kappa shape index (κ1) is 11.0. The first-order valence-corrected chi connectivity index (χ1v) is 5.19. The molecule has 6 nitrogen and oxygen atoms in total. The van der Waals surface area contributed by atoms with Crippen molar-refractivity contribution in [2.24, 2.45) is 0 Å². The standard InChI is InChI=1S/C11H12N6/c1-2-17-4-3-10(16-17)15-11-8(6-12)5-9(13)7-14-11/h3-5,7H,2,13H2,1H3,(H,14,15,16). The van der Waals surface area contributed by atoms with Crippen molar-refractivity contribution in [3.63, 3.8) is 0 Å². The number of aryl methyl sites for hydroxylation is 1. The second kappa shape index (κ2) is 4.53. The van der Waals surface area contributed by atoms with Gasteiger partial charge in [0.2, 0.25) is 0 Å². The van der Waals surface area contributed by atoms with E-state index >= 15 is 0 Å². The molecule has 2 aromatic heterocycles. The van der Waals surface area contributed by atoms with E-state index in [0.29, 0.717) is 22.9 Å². The third-order valence-electron chi connectivity index (χ3n) is 2.24. The van der Waals surface area contributed by atoms with Crippen LogP contribution < -0.4 is 11.1 Å². The zero-order chi connectivity index (χ0) is 12.3. The summed E-state index contributed by atoms with van der Waals surface area (Å²) in [6.07, 6.45) is 3.35. The van der Waals surface area contributed by atoms with E-state index in [0.717, 1.165) is 6.54 Å². The zero-order valence-corrected chi connectivity index (χ0v) is 9.38. The minimum Gasteiger partial charge on any atom is -0.397 e. The molecule has 0 aromatic carbocycles. The molecule has 86 valence electrons. The fraction of sp³-hybridized carbons (Fsp3) is 0.182. The van der Waals surface area contributed by atoms with Crippen LogP contribution in [0.25, 0.3) is 0 Å². The maximum absolute atomic E-state index is 8.96. The molecule has 6 heteroatoms. The lowest BCUT2D eigenvalue weighted by Crippen LogP contribution is -2.00. The fourth-order valence-corrected chi connectivity index (χ4v) is 1.39. The Morgan fingerprint density at radius 2 is 2.41 bits per heavy atom. The maximum atomic E-state index is 8.96. The number of pyridine rings is 1. The van der Waals surface area contributed by atoms with Crippen molar-refractivity contribution in [1.82, 2.24) is 14.8 Å². The Morgan fingerprint density at radius 3 is 3.06 bits per heavy atom. The summed E-state index contributed by atoms with van der Waals surface area (Å²) >= 11 is 0. The Morgan fingerprint density at radius 1 is 1.59 bits per heavy atom. The van der Waals surface area contributed by atoms with E-state index in [1.165, 1.54) is 6.20 Å². The van der Waals surface area contributed by atoms with E-state index in [2.05, 4.69) is 15.4 Å². The van der Waals surface area contributed by atoms with Gasteiger partial charge in [-0.3, -0.25) is 4.68 Å². The monoisotopic (exact) mass is 228 g/mol. The van der Waals surface area contributed by atoms with Gasteiger partial charge >= 0.3 is 0 Å². The maximum Gasteiger partial charge on any atom is 0.153 e. The molecule has 0 aliphatic rings. The molecule has 0 atom stereocenters. The number of hydrogen-bond donors (Lipinski definition) is 2. The lowest BCUT2D eigenvalue weighted by Gasteiger charge is -2.04. The van der Waals surface area contributed by atoms with Crippen LogP contribution in [0, 0.1) is 11.3 Å². The second-order valence-corrected chi connectivity index (χ2v) is 3.46. The van der Waals surface area contributed by atoms with E-state index in [9.17, 15) is 0 Å². The molecule has 3 N–H and O–H groups in total. The highest BCUT2D eigenvalue weighted by Crippen LogP contribution is 2.18. The first-order valence-electron chi connectivity index (χ1n) is 5.19. The highest BCUT2D eigenvalue weighted by atomic mass is 15.3. The van der Waals surface area contributed by atoms with Crippen molar-refractivity contribution in [3.05, 3.63) is 30.1 Å². The lowest BCUT2D eigenvalue weighted by atomic mass is 10.2. The van der Waals surface area contributed by atoms with E-state index in [-0.39, 0.29) is 0 Å². The van der Waals surface area contributed by atoms with Crippen molar-refractivity contribution in [3.8, 4) is 6.07 Å². The summed E-state index contributed by atoms with van der Waals surface area (Å²) in [4.78, 5) is 4.07. The molecule has 2 rings (SSSR count). The topological polar surface area (TPSA) is 92.5 Å². The number of nitrogens with zero attached hydrogens (tertiary/aromatic N) is 4. The predicted molar refractivity (Wildman–Crippen MR) is 64.5 cm³/mol. The third-order valence-corrected chi connectivity index (χ3v) is 2.24. The van der Waals surface area contributed by atoms with E-state index in [1.54, 1.807) is 10.7 Å². The van der Waals surface area contributed by atoms with Gasteiger partial charge in [-0.25, -0.2) is 4.98 Å². The van der Waals surface area contributed by atoms with Gasteiger partial charge in [-0.05, 0) is 13.0 Å². The number of hydrogen-bond acceptors (Lipinski definition) is 5. The highest BCUT2D eigenvalue weighted by Gasteiger charge is 2.06. The molecule has 0 spiro atoms. The predicted octanol–water partition coefficient (Wildman–Crippen LogP) is 1.50. The minimum atomic E-state index is 0.399. The number of aromatic nitrogens is 3. The summed E-state index contributed by atoms with van der Waals surface area (Å²) in [5.74, 6) is 1.11. The third kappa shape index (κ3) is 2.34. The molecular weight excluding hydrogens is 216 g/mol. The molecule has 17 heavy (non-hydrogen) atoms. The smallest absolute Gasteiger partial charge is 0.153 e. The highest BCUT2D eigenvalue weighted by molar-refractivity contribution is 5.62. The number of rotatable bonds is 3. The molecule has 0 amide bonds. The van der Waals surface area contributed by atoms with Crippen LogP contribution in [0.3, 0.4) is 0 Å². The zero-order valence-electron chi connectivity index (χ0n) is 9.38. The van der Waals surface area contributed by atoms with Crippen molar-refractivity contribution in [2.75, 3.05) is 11.1 Å². The van der Waals surface area contributed by atoms with Gasteiger partial charge in [-0.1, -0.05) is 0 Å². The van der Waals surface area contributed by atoms with Crippen molar-refractivity contribution in [1.29, 1.82) is 5.26 Å². The largest absolute Gasteiger partial charge is 0.397 e. The lowest BCUT2D eigenvalue weighted by molar-refractivity contribution is 0.662. The Kier molecular flexibility index (Phi) is 2.92. The van der Waals surface area contributed by atoms with Crippen LogP contribution in [0.1, 0.15) is 12.5 Å². The summed E-state index contributed by atoms with van der Waals surface area (Å²) in [5.41, 5.74) is 6.42. The molecule has 0 aliphatic heterocycles. The Hall–Kier alpha value is -2.55. The molecule has 0 radical (unpaired) electrons. The Bertz CT molecular complexity index is 566. The molecule has 0 aliphatic carbocycles. The van der Waals surface area contributed by atoms with Gasteiger partial charge in [0.25, 0.3) is 0 Å². The Balaban J connectivity index is 2.27. The van der Waals surface area contributed by atoms with Crippen molar-refractivity contribution < 1.29 is 0 Å². The molecule has 2 heterocycles. The first-order chi connectivity index (χ1) is 8.22. The molecule has 2 aromatic rings. The van der Waals surface area contributed by atoms with Gasteiger partial charge in [0.05, 0.1) is 17.4 Å². The summed E-state index contributed by atoms with van der Waals surface area (Å²) in [6.45, 7) is 2.79. The van der Waals surface area contributed by atoms with Gasteiger partial charge in [0.15, 0.2) is 5.82 Å². The molecule has 0 saturated carbocycles. The van der Waals surface area contributed by atoms with Gasteiger partial charge in [0, 0.05) is 18.8 Å². The van der Waals surface area contributed by atoms with Crippen molar-refractivity contribution in [2.45, 2.75) is 13.5 Å². The number of anilines is 3. The quantitative estimate of drug-likeness (QED) is 0.830. The molecule has 0 saturated heterocycles. The fourth-order valence-electron chi connectivity index (χ4n) is 1.39. The average molecular weight is 228 g/mol. The van der Waals surface area contributed by atoms with E-state index in [1.807, 2.05) is 25.3 Å². The molecule has 0 bridgehead atoms. The Labute approximate surface area is 98.7 Å². The normalized spacial score (nSPS) is 9.88. The van der Waals surface area contributed by atoms with E-state index < -0.39 is 0 Å². The van der Waals surface area contributed by atoms with Gasteiger partial charge in [-0.2, -0.15) is 10.4 Å². The number of nitrogens with one attached hydrogen (secondary N) is 1. The molecular formula is C11H12N6. The summed E-state index contributed by atoms with van der Waals surface area (Å²) in [6, 6.07) is 5.44. The van der Waals surface area contributed by atoms with Crippen LogP contribution in [0.15, 0.2) is 24.5 Å². The van der Waals surface area contributed by atoms with Crippen molar-refractivity contribution >= 4 is 17.3 Å². The van der Waals surface area contributed by atoms with Gasteiger partial charge < -0.3 is 11.1 Å². The second-order valence-electron chi connectivity index (χ2n) is 3.46. The number of nitrogens with two attached hydrogens (primary N) is 1. The number of nitriles is 1. The summed E-state index contributed by atoms with van der Waals surface area (Å²) in [7, 11) is 0. The molecule has 0 unspecified atom stereocenters. The number of nitrogen functional groups attached to an aromatic ring is 1. The van der Waals surface area contributed by atoms with Crippen LogP contribution in [-0.4, -0.2) is 14.8 Å². The average Bonchev–Trinajstić information content (AvgIpc) is 2.79. The van der Waals surface area contributed by atoms with Crippen LogP contribution >= 0.6 is 0 Å². The van der Waals surface area contributed by atoms with Gasteiger partial charge in [-0.15, -0.1) is 0 Å². The SMILES string of the molecule is CCn1ccc(Nc2ncc(N)cc2C#N)n1.